The van der Waals surface area contributed by atoms with Gasteiger partial charge in [0, 0.05) is 0 Å². The predicted octanol–water partition coefficient (Wildman–Crippen LogP) is 1.89. The van der Waals surface area contributed by atoms with Crippen molar-refractivity contribution < 1.29 is 27.4 Å². The van der Waals surface area contributed by atoms with Crippen LogP contribution in [0.4, 0.5) is 13.2 Å². The van der Waals surface area contributed by atoms with Gasteiger partial charge < -0.3 is 14.8 Å². The zero-order valence-corrected chi connectivity index (χ0v) is 10.8. The van der Waals surface area contributed by atoms with Gasteiger partial charge in [-0.15, -0.1) is 0 Å². The fourth-order valence-electron chi connectivity index (χ4n) is 1.11. The third-order valence-electron chi connectivity index (χ3n) is 2.19. The SMILES string of the molecule is CCCNC(COC(C)C(F)(F)F)C(=O)OCC. The molecule has 0 aromatic rings. The number of rotatable bonds is 8. The monoisotopic (exact) mass is 271 g/mol. The van der Waals surface area contributed by atoms with Crippen molar-refractivity contribution in [3.63, 3.8) is 0 Å². The minimum absolute atomic E-state index is 0.179. The van der Waals surface area contributed by atoms with Gasteiger partial charge in [0.15, 0.2) is 6.10 Å². The van der Waals surface area contributed by atoms with Gasteiger partial charge in [0.1, 0.15) is 6.04 Å². The summed E-state index contributed by atoms with van der Waals surface area (Å²) in [5, 5.41) is 2.79. The number of halogens is 3. The molecule has 0 aliphatic rings. The molecule has 0 radical (unpaired) electrons. The summed E-state index contributed by atoms with van der Waals surface area (Å²) >= 11 is 0. The number of alkyl halides is 3. The minimum atomic E-state index is -4.43. The van der Waals surface area contributed by atoms with Crippen molar-refractivity contribution in [3.8, 4) is 0 Å². The maximum Gasteiger partial charge on any atom is 0.414 e. The molecule has 0 heterocycles. The lowest BCUT2D eigenvalue weighted by Gasteiger charge is -2.21. The summed E-state index contributed by atoms with van der Waals surface area (Å²) in [7, 11) is 0. The van der Waals surface area contributed by atoms with Crippen molar-refractivity contribution in [1.82, 2.24) is 5.32 Å². The zero-order valence-electron chi connectivity index (χ0n) is 10.8. The van der Waals surface area contributed by atoms with E-state index in [-0.39, 0.29) is 13.2 Å². The van der Waals surface area contributed by atoms with Gasteiger partial charge in [0.05, 0.1) is 13.2 Å². The van der Waals surface area contributed by atoms with Crippen LogP contribution < -0.4 is 5.32 Å². The Labute approximate surface area is 105 Å². The van der Waals surface area contributed by atoms with Crippen LogP contribution in [0.25, 0.3) is 0 Å². The predicted molar refractivity (Wildman–Crippen MR) is 60.2 cm³/mol. The molecule has 0 bridgehead atoms. The van der Waals surface area contributed by atoms with Gasteiger partial charge in [-0.2, -0.15) is 13.2 Å². The second-order valence-corrected chi connectivity index (χ2v) is 3.78. The quantitative estimate of drug-likeness (QED) is 0.685. The molecule has 2 atom stereocenters. The van der Waals surface area contributed by atoms with E-state index in [2.05, 4.69) is 10.1 Å². The van der Waals surface area contributed by atoms with Crippen molar-refractivity contribution >= 4 is 5.97 Å². The lowest BCUT2D eigenvalue weighted by atomic mass is 10.3. The number of hydrogen-bond acceptors (Lipinski definition) is 4. The smallest absolute Gasteiger partial charge is 0.414 e. The van der Waals surface area contributed by atoms with Crippen molar-refractivity contribution in [2.24, 2.45) is 0 Å². The Hall–Kier alpha value is -0.820. The largest absolute Gasteiger partial charge is 0.465 e. The Morgan fingerprint density at radius 3 is 2.39 bits per heavy atom. The molecule has 0 aromatic carbocycles. The van der Waals surface area contributed by atoms with Crippen LogP contribution in [0.15, 0.2) is 0 Å². The molecule has 0 spiro atoms. The third-order valence-corrected chi connectivity index (χ3v) is 2.19. The fourth-order valence-corrected chi connectivity index (χ4v) is 1.11. The molecule has 0 aromatic heterocycles. The summed E-state index contributed by atoms with van der Waals surface area (Å²) in [6.07, 6.45) is -5.58. The number of hydrogen-bond donors (Lipinski definition) is 1. The van der Waals surface area contributed by atoms with Gasteiger partial charge in [0.25, 0.3) is 0 Å². The highest BCUT2D eigenvalue weighted by molar-refractivity contribution is 5.75. The van der Waals surface area contributed by atoms with Crippen molar-refractivity contribution in [2.45, 2.75) is 45.5 Å². The maximum absolute atomic E-state index is 12.2. The third kappa shape index (κ3) is 6.80. The number of carbonyl (C=O) groups excluding carboxylic acids is 1. The van der Waals surface area contributed by atoms with Crippen LogP contribution in [0.5, 0.6) is 0 Å². The Balaban J connectivity index is 4.27. The molecule has 0 aliphatic carbocycles. The minimum Gasteiger partial charge on any atom is -0.465 e. The lowest BCUT2D eigenvalue weighted by Crippen LogP contribution is -2.44. The molecule has 0 saturated heterocycles. The van der Waals surface area contributed by atoms with Gasteiger partial charge in [-0.3, -0.25) is 4.79 Å². The number of esters is 1. The van der Waals surface area contributed by atoms with E-state index >= 15 is 0 Å². The van der Waals surface area contributed by atoms with Crippen molar-refractivity contribution in [2.75, 3.05) is 19.8 Å². The lowest BCUT2D eigenvalue weighted by molar-refractivity contribution is -0.216. The van der Waals surface area contributed by atoms with Crippen LogP contribution in [0.2, 0.25) is 0 Å². The first-order valence-electron chi connectivity index (χ1n) is 5.91. The Kier molecular flexibility index (Phi) is 7.93. The average molecular weight is 271 g/mol. The first-order chi connectivity index (χ1) is 8.32. The van der Waals surface area contributed by atoms with E-state index < -0.39 is 24.3 Å². The van der Waals surface area contributed by atoms with E-state index in [1.165, 1.54) is 0 Å². The highest BCUT2D eigenvalue weighted by Crippen LogP contribution is 2.22. The molecule has 0 amide bonds. The Morgan fingerprint density at radius 2 is 1.94 bits per heavy atom. The molecule has 0 rings (SSSR count). The van der Waals surface area contributed by atoms with Gasteiger partial charge >= 0.3 is 12.1 Å². The molecule has 7 heteroatoms. The molecule has 2 unspecified atom stereocenters. The summed E-state index contributed by atoms with van der Waals surface area (Å²) in [6.45, 7) is 4.75. The summed E-state index contributed by atoms with van der Waals surface area (Å²) < 4.78 is 46.1. The normalized spacial score (nSPS) is 15.2. The van der Waals surface area contributed by atoms with E-state index in [1.54, 1.807) is 6.92 Å². The first-order valence-corrected chi connectivity index (χ1v) is 5.91. The summed E-state index contributed by atoms with van der Waals surface area (Å²) in [4.78, 5) is 11.5. The maximum atomic E-state index is 12.2. The molecule has 108 valence electrons. The van der Waals surface area contributed by atoms with E-state index in [0.717, 1.165) is 13.3 Å². The van der Waals surface area contributed by atoms with Crippen LogP contribution in [0.3, 0.4) is 0 Å². The van der Waals surface area contributed by atoms with E-state index in [0.29, 0.717) is 6.54 Å². The molecular formula is C11H20F3NO3. The summed E-state index contributed by atoms with van der Waals surface area (Å²) in [5.41, 5.74) is 0. The second-order valence-electron chi connectivity index (χ2n) is 3.78. The zero-order chi connectivity index (χ0) is 14.2. The van der Waals surface area contributed by atoms with Gasteiger partial charge in [-0.25, -0.2) is 0 Å². The standard InChI is InChI=1S/C11H20F3NO3/c1-4-6-15-9(10(16)17-5-2)7-18-8(3)11(12,13)14/h8-9,15H,4-7H2,1-3H3. The Morgan fingerprint density at radius 1 is 1.33 bits per heavy atom. The fraction of sp³-hybridized carbons (Fsp3) is 0.909. The highest BCUT2D eigenvalue weighted by Gasteiger charge is 2.37. The van der Waals surface area contributed by atoms with Crippen molar-refractivity contribution in [1.29, 1.82) is 0 Å². The molecule has 0 aliphatic heterocycles. The molecule has 0 fully saturated rings. The highest BCUT2D eigenvalue weighted by atomic mass is 19.4. The van der Waals surface area contributed by atoms with Crippen LogP contribution in [0, 0.1) is 0 Å². The molecule has 0 saturated carbocycles. The van der Waals surface area contributed by atoms with Crippen molar-refractivity contribution in [3.05, 3.63) is 0 Å². The van der Waals surface area contributed by atoms with Gasteiger partial charge in [-0.1, -0.05) is 6.92 Å². The number of carbonyl (C=O) groups is 1. The van der Waals surface area contributed by atoms with E-state index in [4.69, 9.17) is 4.74 Å². The summed E-state index contributed by atoms with van der Waals surface area (Å²) in [6, 6.07) is -0.866. The van der Waals surface area contributed by atoms with E-state index in [9.17, 15) is 18.0 Å². The van der Waals surface area contributed by atoms with Gasteiger partial charge in [-0.05, 0) is 26.8 Å². The average Bonchev–Trinajstić information content (AvgIpc) is 2.27. The van der Waals surface area contributed by atoms with E-state index in [1.807, 2.05) is 6.92 Å². The van der Waals surface area contributed by atoms with Crippen LogP contribution in [-0.2, 0) is 14.3 Å². The van der Waals surface area contributed by atoms with Gasteiger partial charge in [0.2, 0.25) is 0 Å². The molecular weight excluding hydrogens is 251 g/mol. The van der Waals surface area contributed by atoms with Crippen LogP contribution in [-0.4, -0.2) is 44.0 Å². The van der Waals surface area contributed by atoms with Crippen LogP contribution in [0.1, 0.15) is 27.2 Å². The number of ether oxygens (including phenoxy) is 2. The first kappa shape index (κ1) is 17.2. The number of nitrogens with one attached hydrogen (secondary N) is 1. The van der Waals surface area contributed by atoms with Crippen LogP contribution >= 0.6 is 0 Å². The molecule has 1 N–H and O–H groups in total. The Bertz CT molecular complexity index is 246. The second kappa shape index (κ2) is 8.31. The summed E-state index contributed by atoms with van der Waals surface area (Å²) in [5.74, 6) is -0.597. The molecule has 4 nitrogen and oxygen atoms in total. The topological polar surface area (TPSA) is 47.6 Å². The molecule has 18 heavy (non-hydrogen) atoms.